The molecule has 1 unspecified atom stereocenters. The molecule has 1 aliphatic heterocycles. The van der Waals surface area contributed by atoms with Gasteiger partial charge in [-0.3, -0.25) is 4.79 Å². The zero-order valence-corrected chi connectivity index (χ0v) is 12.2. The van der Waals surface area contributed by atoms with Gasteiger partial charge in [-0.1, -0.05) is 0 Å². The van der Waals surface area contributed by atoms with Gasteiger partial charge in [-0.15, -0.1) is 0 Å². The molecule has 0 spiro atoms. The first-order valence-electron chi connectivity index (χ1n) is 7.32. The molecule has 18 heavy (non-hydrogen) atoms. The van der Waals surface area contributed by atoms with Crippen LogP contribution in [0, 0.1) is 0 Å². The van der Waals surface area contributed by atoms with Crippen molar-refractivity contribution < 1.29 is 4.79 Å². The van der Waals surface area contributed by atoms with Crippen molar-refractivity contribution in [1.29, 1.82) is 0 Å². The Morgan fingerprint density at radius 3 is 2.89 bits per heavy atom. The standard InChI is InChI=1S/C14H29N3O/c1-12(2)17(3)11-7-6-9-15-13-8-4-5-10-16-14(13)18/h12-13,15H,4-11H2,1-3H3,(H,16,18). The molecule has 0 radical (unpaired) electrons. The van der Waals surface area contributed by atoms with Crippen molar-refractivity contribution in [3.05, 3.63) is 0 Å². The Morgan fingerprint density at radius 2 is 2.17 bits per heavy atom. The van der Waals surface area contributed by atoms with Crippen LogP contribution in [0.25, 0.3) is 0 Å². The molecule has 106 valence electrons. The van der Waals surface area contributed by atoms with Crippen LogP contribution < -0.4 is 10.6 Å². The van der Waals surface area contributed by atoms with E-state index >= 15 is 0 Å². The molecule has 2 N–H and O–H groups in total. The number of rotatable bonds is 7. The van der Waals surface area contributed by atoms with E-state index in [9.17, 15) is 4.79 Å². The summed E-state index contributed by atoms with van der Waals surface area (Å²) in [6.07, 6.45) is 5.57. The first-order chi connectivity index (χ1) is 8.61. The highest BCUT2D eigenvalue weighted by Crippen LogP contribution is 2.05. The van der Waals surface area contributed by atoms with Gasteiger partial charge >= 0.3 is 0 Å². The summed E-state index contributed by atoms with van der Waals surface area (Å²) in [5, 5.41) is 6.34. The number of carbonyl (C=O) groups is 1. The van der Waals surface area contributed by atoms with Gasteiger partial charge in [-0.05, 0) is 66.1 Å². The van der Waals surface area contributed by atoms with Crippen LogP contribution in [0.3, 0.4) is 0 Å². The third-order valence-electron chi connectivity index (χ3n) is 3.75. The molecular formula is C14H29N3O. The molecule has 4 nitrogen and oxygen atoms in total. The minimum absolute atomic E-state index is 0.0373. The average Bonchev–Trinajstić information content (AvgIpc) is 2.53. The van der Waals surface area contributed by atoms with Crippen molar-refractivity contribution in [1.82, 2.24) is 15.5 Å². The Labute approximate surface area is 111 Å². The van der Waals surface area contributed by atoms with Crippen molar-refractivity contribution in [2.24, 2.45) is 0 Å². The van der Waals surface area contributed by atoms with E-state index in [0.717, 1.165) is 45.3 Å². The van der Waals surface area contributed by atoms with Gasteiger partial charge in [0, 0.05) is 12.6 Å². The van der Waals surface area contributed by atoms with Crippen molar-refractivity contribution >= 4 is 5.91 Å². The van der Waals surface area contributed by atoms with E-state index in [-0.39, 0.29) is 11.9 Å². The van der Waals surface area contributed by atoms with Gasteiger partial charge in [0.15, 0.2) is 0 Å². The monoisotopic (exact) mass is 255 g/mol. The maximum atomic E-state index is 11.7. The van der Waals surface area contributed by atoms with Crippen molar-refractivity contribution in [3.8, 4) is 0 Å². The normalized spacial score (nSPS) is 21.2. The van der Waals surface area contributed by atoms with Gasteiger partial charge in [0.2, 0.25) is 5.91 Å². The lowest BCUT2D eigenvalue weighted by Gasteiger charge is -2.21. The highest BCUT2D eigenvalue weighted by molar-refractivity contribution is 5.81. The number of hydrogen-bond acceptors (Lipinski definition) is 3. The molecule has 4 heteroatoms. The van der Waals surface area contributed by atoms with Crippen LogP contribution in [0.5, 0.6) is 0 Å². The van der Waals surface area contributed by atoms with Gasteiger partial charge in [-0.2, -0.15) is 0 Å². The van der Waals surface area contributed by atoms with E-state index < -0.39 is 0 Å². The van der Waals surface area contributed by atoms with E-state index in [4.69, 9.17) is 0 Å². The third-order valence-corrected chi connectivity index (χ3v) is 3.75. The lowest BCUT2D eigenvalue weighted by molar-refractivity contribution is -0.122. The van der Waals surface area contributed by atoms with Crippen LogP contribution in [-0.2, 0) is 4.79 Å². The highest BCUT2D eigenvalue weighted by Gasteiger charge is 2.19. The summed E-state index contributed by atoms with van der Waals surface area (Å²) in [5.74, 6) is 0.187. The number of hydrogen-bond donors (Lipinski definition) is 2. The van der Waals surface area contributed by atoms with Crippen LogP contribution in [0.1, 0.15) is 46.0 Å². The van der Waals surface area contributed by atoms with Crippen molar-refractivity contribution in [2.45, 2.75) is 58.0 Å². The first kappa shape index (κ1) is 15.4. The van der Waals surface area contributed by atoms with E-state index in [2.05, 4.69) is 36.4 Å². The van der Waals surface area contributed by atoms with E-state index in [1.54, 1.807) is 0 Å². The molecule has 1 atom stereocenters. The first-order valence-corrected chi connectivity index (χ1v) is 7.32. The quantitative estimate of drug-likeness (QED) is 0.675. The lowest BCUT2D eigenvalue weighted by atomic mass is 10.1. The molecule has 1 saturated heterocycles. The van der Waals surface area contributed by atoms with Crippen LogP contribution in [-0.4, -0.2) is 49.6 Å². The minimum Gasteiger partial charge on any atom is -0.355 e. The van der Waals surface area contributed by atoms with Crippen molar-refractivity contribution in [2.75, 3.05) is 26.7 Å². The van der Waals surface area contributed by atoms with Crippen LogP contribution in [0.2, 0.25) is 0 Å². The Hall–Kier alpha value is -0.610. The van der Waals surface area contributed by atoms with Gasteiger partial charge in [0.05, 0.1) is 6.04 Å². The number of nitrogens with zero attached hydrogens (tertiary/aromatic N) is 1. The minimum atomic E-state index is 0.0373. The van der Waals surface area contributed by atoms with Gasteiger partial charge < -0.3 is 15.5 Å². The molecule has 0 aromatic rings. The summed E-state index contributed by atoms with van der Waals surface area (Å²) in [4.78, 5) is 14.1. The Balaban J connectivity index is 2.08. The fraction of sp³-hybridized carbons (Fsp3) is 0.929. The molecule has 0 saturated carbocycles. The molecule has 1 fully saturated rings. The molecule has 0 aromatic heterocycles. The lowest BCUT2D eigenvalue weighted by Crippen LogP contribution is -2.43. The smallest absolute Gasteiger partial charge is 0.237 e. The second-order valence-electron chi connectivity index (χ2n) is 5.57. The van der Waals surface area contributed by atoms with Crippen LogP contribution in [0.15, 0.2) is 0 Å². The summed E-state index contributed by atoms with van der Waals surface area (Å²) < 4.78 is 0. The summed E-state index contributed by atoms with van der Waals surface area (Å²) >= 11 is 0. The topological polar surface area (TPSA) is 44.4 Å². The van der Waals surface area contributed by atoms with Gasteiger partial charge in [0.1, 0.15) is 0 Å². The molecule has 1 rings (SSSR count). The van der Waals surface area contributed by atoms with Crippen molar-refractivity contribution in [3.63, 3.8) is 0 Å². The number of carbonyl (C=O) groups excluding carboxylic acids is 1. The molecule has 0 bridgehead atoms. The maximum Gasteiger partial charge on any atom is 0.237 e. The fourth-order valence-corrected chi connectivity index (χ4v) is 2.15. The zero-order chi connectivity index (χ0) is 13.4. The third kappa shape index (κ3) is 5.83. The summed E-state index contributed by atoms with van der Waals surface area (Å²) in [7, 11) is 2.16. The maximum absolute atomic E-state index is 11.7. The number of nitrogens with one attached hydrogen (secondary N) is 2. The summed E-state index contributed by atoms with van der Waals surface area (Å²) in [6, 6.07) is 0.654. The molecule has 0 aliphatic carbocycles. The molecular weight excluding hydrogens is 226 g/mol. The highest BCUT2D eigenvalue weighted by atomic mass is 16.2. The predicted molar refractivity (Wildman–Crippen MR) is 75.7 cm³/mol. The van der Waals surface area contributed by atoms with E-state index in [1.807, 2.05) is 0 Å². The molecule has 0 aromatic carbocycles. The average molecular weight is 255 g/mol. The summed E-state index contributed by atoms with van der Waals surface area (Å²) in [6.45, 7) is 7.36. The van der Waals surface area contributed by atoms with E-state index in [0.29, 0.717) is 6.04 Å². The van der Waals surface area contributed by atoms with E-state index in [1.165, 1.54) is 6.42 Å². The van der Waals surface area contributed by atoms with Crippen LogP contribution >= 0.6 is 0 Å². The Bertz CT molecular complexity index is 243. The molecule has 1 heterocycles. The van der Waals surface area contributed by atoms with Gasteiger partial charge in [-0.25, -0.2) is 0 Å². The Morgan fingerprint density at radius 1 is 1.39 bits per heavy atom. The number of unbranched alkanes of at least 4 members (excludes halogenated alkanes) is 1. The Kier molecular flexibility index (Phi) is 7.28. The SMILES string of the molecule is CC(C)N(C)CCCCNC1CCCCNC1=O. The molecule has 1 amide bonds. The number of amides is 1. The zero-order valence-electron chi connectivity index (χ0n) is 12.2. The van der Waals surface area contributed by atoms with Gasteiger partial charge in [0.25, 0.3) is 0 Å². The van der Waals surface area contributed by atoms with Crippen LogP contribution in [0.4, 0.5) is 0 Å². The second-order valence-corrected chi connectivity index (χ2v) is 5.57. The summed E-state index contributed by atoms with van der Waals surface area (Å²) in [5.41, 5.74) is 0. The fourth-order valence-electron chi connectivity index (χ4n) is 2.15. The predicted octanol–water partition coefficient (Wildman–Crippen LogP) is 1.37. The molecule has 1 aliphatic rings. The second kappa shape index (κ2) is 8.48. The largest absolute Gasteiger partial charge is 0.355 e.